The van der Waals surface area contributed by atoms with Crippen LogP contribution in [0.1, 0.15) is 0 Å². The number of aromatic hydroxyl groups is 1. The molecule has 2 aromatic carbocycles. The number of carbonyl (C=O) groups is 1. The number of amides is 1. The zero-order valence-electron chi connectivity index (χ0n) is 10.9. The van der Waals surface area contributed by atoms with Gasteiger partial charge in [0.1, 0.15) is 5.75 Å². The molecule has 0 spiro atoms. The number of benzene rings is 2. The van der Waals surface area contributed by atoms with Crippen molar-refractivity contribution in [2.24, 2.45) is 0 Å². The second-order valence-electron chi connectivity index (χ2n) is 4.29. The molecule has 0 aliphatic heterocycles. The van der Waals surface area contributed by atoms with Gasteiger partial charge in [-0.15, -0.1) is 11.8 Å². The van der Waals surface area contributed by atoms with E-state index in [2.05, 4.69) is 10.3 Å². The summed E-state index contributed by atoms with van der Waals surface area (Å²) in [6.07, 6.45) is 0. The number of phenols is 1. The molecule has 1 amide bonds. The number of nitrogens with zero attached hydrogens (tertiary/aromatic N) is 1. The molecule has 3 rings (SSSR count). The fourth-order valence-electron chi connectivity index (χ4n) is 1.80. The van der Waals surface area contributed by atoms with Crippen LogP contribution in [-0.2, 0) is 4.79 Å². The molecule has 1 heterocycles. The van der Waals surface area contributed by atoms with Gasteiger partial charge >= 0.3 is 0 Å². The first-order valence-corrected chi connectivity index (χ1v) is 8.09. The van der Waals surface area contributed by atoms with E-state index in [-0.39, 0.29) is 17.4 Å². The van der Waals surface area contributed by atoms with E-state index in [1.807, 2.05) is 30.3 Å². The molecule has 0 fully saturated rings. The fraction of sp³-hybridized carbons (Fsp3) is 0.0667. The number of thioether (sulfide) groups is 1. The Morgan fingerprint density at radius 1 is 1.19 bits per heavy atom. The van der Waals surface area contributed by atoms with E-state index in [1.54, 1.807) is 18.2 Å². The Labute approximate surface area is 129 Å². The normalized spacial score (nSPS) is 10.7. The smallest absolute Gasteiger partial charge is 0.236 e. The first-order chi connectivity index (χ1) is 10.2. The SMILES string of the molecule is O=C(CSc1ccccc1O)Nc1nc2ccccc2s1. The van der Waals surface area contributed by atoms with Gasteiger partial charge in [-0.1, -0.05) is 35.6 Å². The lowest BCUT2D eigenvalue weighted by Crippen LogP contribution is -2.13. The highest BCUT2D eigenvalue weighted by molar-refractivity contribution is 8.00. The summed E-state index contributed by atoms with van der Waals surface area (Å²) in [6.45, 7) is 0. The van der Waals surface area contributed by atoms with Gasteiger partial charge in [0, 0.05) is 4.90 Å². The number of hydrogen-bond acceptors (Lipinski definition) is 5. The molecule has 2 N–H and O–H groups in total. The van der Waals surface area contributed by atoms with E-state index in [9.17, 15) is 9.90 Å². The predicted octanol–water partition coefficient (Wildman–Crippen LogP) is 3.73. The molecule has 0 aliphatic carbocycles. The quantitative estimate of drug-likeness (QED) is 0.720. The molecule has 6 heteroatoms. The van der Waals surface area contributed by atoms with Gasteiger partial charge in [0.05, 0.1) is 16.0 Å². The molecule has 21 heavy (non-hydrogen) atoms. The van der Waals surface area contributed by atoms with Gasteiger partial charge in [0.15, 0.2) is 5.13 Å². The minimum absolute atomic E-state index is 0.137. The number of aromatic nitrogens is 1. The molecule has 0 saturated carbocycles. The molecule has 0 radical (unpaired) electrons. The molecular formula is C15H12N2O2S2. The number of anilines is 1. The standard InChI is InChI=1S/C15H12N2O2S2/c18-11-6-2-4-8-13(11)20-9-14(19)17-15-16-10-5-1-3-7-12(10)21-15/h1-8,18H,9H2,(H,16,17,19). The maximum atomic E-state index is 11.9. The number of thiazole rings is 1. The van der Waals surface area contributed by atoms with Gasteiger partial charge in [-0.3, -0.25) is 4.79 Å². The van der Waals surface area contributed by atoms with Crippen molar-refractivity contribution in [3.8, 4) is 5.75 Å². The van der Waals surface area contributed by atoms with Crippen LogP contribution in [0.5, 0.6) is 5.75 Å². The molecule has 106 valence electrons. The molecule has 4 nitrogen and oxygen atoms in total. The second-order valence-corrected chi connectivity index (χ2v) is 6.34. The van der Waals surface area contributed by atoms with E-state index in [4.69, 9.17) is 0 Å². The van der Waals surface area contributed by atoms with Gasteiger partial charge < -0.3 is 10.4 Å². The average Bonchev–Trinajstić information content (AvgIpc) is 2.88. The Morgan fingerprint density at radius 2 is 1.95 bits per heavy atom. The summed E-state index contributed by atoms with van der Waals surface area (Å²) < 4.78 is 1.04. The van der Waals surface area contributed by atoms with Crippen LogP contribution in [0.15, 0.2) is 53.4 Å². The molecule has 0 unspecified atom stereocenters. The van der Waals surface area contributed by atoms with Crippen molar-refractivity contribution in [2.75, 3.05) is 11.1 Å². The van der Waals surface area contributed by atoms with E-state index < -0.39 is 0 Å². The van der Waals surface area contributed by atoms with Crippen LogP contribution >= 0.6 is 23.1 Å². The number of rotatable bonds is 4. The first kappa shape index (κ1) is 13.9. The maximum absolute atomic E-state index is 11.9. The highest BCUT2D eigenvalue weighted by Crippen LogP contribution is 2.28. The van der Waals surface area contributed by atoms with Crippen LogP contribution in [0, 0.1) is 0 Å². The minimum atomic E-state index is -0.137. The average molecular weight is 316 g/mol. The van der Waals surface area contributed by atoms with Gasteiger partial charge in [-0.25, -0.2) is 4.98 Å². The van der Waals surface area contributed by atoms with Crippen LogP contribution in [0.4, 0.5) is 5.13 Å². The van der Waals surface area contributed by atoms with E-state index in [0.717, 1.165) is 10.2 Å². The monoisotopic (exact) mass is 316 g/mol. The Hall–Kier alpha value is -2.05. The Morgan fingerprint density at radius 3 is 2.76 bits per heavy atom. The fourth-order valence-corrected chi connectivity index (χ4v) is 3.44. The van der Waals surface area contributed by atoms with Crippen molar-refractivity contribution < 1.29 is 9.90 Å². The Kier molecular flexibility index (Phi) is 4.08. The second kappa shape index (κ2) is 6.15. The Balaban J connectivity index is 1.62. The third kappa shape index (κ3) is 3.34. The zero-order valence-corrected chi connectivity index (χ0v) is 12.6. The van der Waals surface area contributed by atoms with Crippen molar-refractivity contribution in [3.05, 3.63) is 48.5 Å². The van der Waals surface area contributed by atoms with E-state index >= 15 is 0 Å². The van der Waals surface area contributed by atoms with Crippen LogP contribution in [0.2, 0.25) is 0 Å². The number of para-hydroxylation sites is 2. The van der Waals surface area contributed by atoms with Crippen LogP contribution in [0.3, 0.4) is 0 Å². The van der Waals surface area contributed by atoms with Gasteiger partial charge in [0.2, 0.25) is 5.91 Å². The molecule has 0 atom stereocenters. The zero-order chi connectivity index (χ0) is 14.7. The lowest BCUT2D eigenvalue weighted by atomic mass is 10.3. The lowest BCUT2D eigenvalue weighted by molar-refractivity contribution is -0.113. The van der Waals surface area contributed by atoms with Crippen LogP contribution in [-0.4, -0.2) is 21.8 Å². The predicted molar refractivity (Wildman–Crippen MR) is 87.1 cm³/mol. The number of carbonyl (C=O) groups excluding carboxylic acids is 1. The lowest BCUT2D eigenvalue weighted by Gasteiger charge is -2.03. The highest BCUT2D eigenvalue weighted by Gasteiger charge is 2.09. The van der Waals surface area contributed by atoms with Crippen molar-refractivity contribution >= 4 is 44.4 Å². The van der Waals surface area contributed by atoms with E-state index in [0.29, 0.717) is 10.0 Å². The molecule has 0 saturated heterocycles. The van der Waals surface area contributed by atoms with Gasteiger partial charge in [-0.05, 0) is 24.3 Å². The summed E-state index contributed by atoms with van der Waals surface area (Å²) in [5, 5.41) is 13.0. The molecule has 3 aromatic rings. The number of fused-ring (bicyclic) bond motifs is 1. The topological polar surface area (TPSA) is 62.2 Å². The third-order valence-electron chi connectivity index (χ3n) is 2.76. The highest BCUT2D eigenvalue weighted by atomic mass is 32.2. The van der Waals surface area contributed by atoms with Gasteiger partial charge in [0.25, 0.3) is 0 Å². The number of hydrogen-bond donors (Lipinski definition) is 2. The van der Waals surface area contributed by atoms with Crippen molar-refractivity contribution in [1.82, 2.24) is 4.98 Å². The summed E-state index contributed by atoms with van der Waals surface area (Å²) >= 11 is 2.74. The summed E-state index contributed by atoms with van der Waals surface area (Å²) in [5.74, 6) is 0.283. The Bertz CT molecular complexity index is 753. The van der Waals surface area contributed by atoms with Gasteiger partial charge in [-0.2, -0.15) is 0 Å². The summed E-state index contributed by atoms with van der Waals surface area (Å²) in [5.41, 5.74) is 0.881. The first-order valence-electron chi connectivity index (χ1n) is 6.28. The largest absolute Gasteiger partial charge is 0.507 e. The van der Waals surface area contributed by atoms with Crippen molar-refractivity contribution in [2.45, 2.75) is 4.90 Å². The summed E-state index contributed by atoms with van der Waals surface area (Å²) in [7, 11) is 0. The number of phenolic OH excluding ortho intramolecular Hbond substituents is 1. The maximum Gasteiger partial charge on any atom is 0.236 e. The molecule has 0 aliphatic rings. The summed E-state index contributed by atoms with van der Waals surface area (Å²) in [6, 6.07) is 14.7. The summed E-state index contributed by atoms with van der Waals surface area (Å²) in [4.78, 5) is 17.0. The minimum Gasteiger partial charge on any atom is -0.507 e. The molecular weight excluding hydrogens is 304 g/mol. The number of nitrogens with one attached hydrogen (secondary N) is 1. The van der Waals surface area contributed by atoms with Crippen LogP contribution in [0.25, 0.3) is 10.2 Å². The van der Waals surface area contributed by atoms with E-state index in [1.165, 1.54) is 23.1 Å². The third-order valence-corrected chi connectivity index (χ3v) is 4.78. The van der Waals surface area contributed by atoms with Crippen LogP contribution < -0.4 is 5.32 Å². The molecule has 1 aromatic heterocycles. The van der Waals surface area contributed by atoms with Crippen molar-refractivity contribution in [3.63, 3.8) is 0 Å². The molecule has 0 bridgehead atoms. The van der Waals surface area contributed by atoms with Crippen molar-refractivity contribution in [1.29, 1.82) is 0 Å².